The van der Waals surface area contributed by atoms with E-state index in [0.29, 0.717) is 5.41 Å². The number of piperidine rings is 1. The van der Waals surface area contributed by atoms with Crippen LogP contribution in [0.5, 0.6) is 0 Å². The molecule has 1 aliphatic carbocycles. The van der Waals surface area contributed by atoms with Crippen LogP contribution in [-0.4, -0.2) is 25.1 Å². The van der Waals surface area contributed by atoms with Crippen molar-refractivity contribution in [1.29, 1.82) is 0 Å². The minimum absolute atomic E-state index is 0.175. The van der Waals surface area contributed by atoms with Gasteiger partial charge in [0.15, 0.2) is 5.78 Å². The third-order valence-electron chi connectivity index (χ3n) is 4.71. The Bertz CT molecular complexity index is 497. The fourth-order valence-corrected chi connectivity index (χ4v) is 3.53. The van der Waals surface area contributed by atoms with Gasteiger partial charge < -0.3 is 4.90 Å². The van der Waals surface area contributed by atoms with Gasteiger partial charge in [0.05, 0.1) is 0 Å². The third kappa shape index (κ3) is 2.53. The predicted octanol–water partition coefficient (Wildman–Crippen LogP) is 3.99. The lowest BCUT2D eigenvalue weighted by Crippen LogP contribution is -2.35. The summed E-state index contributed by atoms with van der Waals surface area (Å²) in [5.74, 6) is 0.175. The zero-order valence-electron chi connectivity index (χ0n) is 11.7. The molecule has 0 radical (unpaired) electrons. The second-order valence-electron chi connectivity index (χ2n) is 5.93. The van der Waals surface area contributed by atoms with Crippen molar-refractivity contribution in [3.05, 3.63) is 23.8 Å². The molecule has 2 fully saturated rings. The van der Waals surface area contributed by atoms with Crippen molar-refractivity contribution in [2.24, 2.45) is 5.41 Å². The van der Waals surface area contributed by atoms with Gasteiger partial charge in [-0.1, -0.05) is 0 Å². The fourth-order valence-electron chi connectivity index (χ4n) is 3.10. The van der Waals surface area contributed by atoms with Crippen LogP contribution in [0.1, 0.15) is 43.0 Å². The Morgan fingerprint density at radius 3 is 2.42 bits per heavy atom. The fraction of sp³-hybridized carbons (Fsp3) is 0.562. The average molecular weight is 275 g/mol. The van der Waals surface area contributed by atoms with Crippen LogP contribution < -0.4 is 4.90 Å². The first-order valence-corrected chi connectivity index (χ1v) is 8.30. The van der Waals surface area contributed by atoms with E-state index in [4.69, 9.17) is 0 Å². The number of hydrogen-bond donors (Lipinski definition) is 0. The Labute approximate surface area is 119 Å². The molecule has 0 aromatic heterocycles. The lowest BCUT2D eigenvalue weighted by atomic mass is 9.93. The summed E-state index contributed by atoms with van der Waals surface area (Å²) in [6, 6.07) is 6.23. The maximum Gasteiger partial charge on any atom is 0.161 e. The number of hydrogen-bond acceptors (Lipinski definition) is 3. The number of nitrogens with zero attached hydrogens (tertiary/aromatic N) is 1. The molecular formula is C16H21NOS. The van der Waals surface area contributed by atoms with Crippen molar-refractivity contribution in [2.75, 3.05) is 24.2 Å². The first kappa shape index (κ1) is 13.0. The second-order valence-corrected chi connectivity index (χ2v) is 6.81. The summed E-state index contributed by atoms with van der Waals surface area (Å²) in [7, 11) is 0. The molecule has 0 atom stereocenters. The Kier molecular flexibility index (Phi) is 3.34. The van der Waals surface area contributed by atoms with Crippen LogP contribution in [0.25, 0.3) is 0 Å². The highest BCUT2D eigenvalue weighted by Gasteiger charge is 2.44. The van der Waals surface area contributed by atoms with E-state index in [0.717, 1.165) is 24.3 Å². The van der Waals surface area contributed by atoms with Crippen molar-refractivity contribution in [2.45, 2.75) is 37.5 Å². The molecule has 1 saturated carbocycles. The Hall–Kier alpha value is -0.960. The van der Waals surface area contributed by atoms with Crippen molar-refractivity contribution in [1.82, 2.24) is 0 Å². The summed E-state index contributed by atoms with van der Waals surface area (Å²) in [6.45, 7) is 3.89. The van der Waals surface area contributed by atoms with E-state index in [1.54, 1.807) is 18.7 Å². The summed E-state index contributed by atoms with van der Waals surface area (Å²) in [5, 5.41) is 0. The summed E-state index contributed by atoms with van der Waals surface area (Å²) in [5.41, 5.74) is 2.71. The van der Waals surface area contributed by atoms with E-state index in [1.165, 1.54) is 30.6 Å². The van der Waals surface area contributed by atoms with E-state index in [-0.39, 0.29) is 5.78 Å². The number of carbonyl (C=O) groups excluding carboxylic acids is 1. The van der Waals surface area contributed by atoms with E-state index in [1.807, 2.05) is 6.07 Å². The monoisotopic (exact) mass is 275 g/mol. The molecule has 1 aliphatic heterocycles. The smallest absolute Gasteiger partial charge is 0.161 e. The first-order chi connectivity index (χ1) is 9.13. The topological polar surface area (TPSA) is 20.3 Å². The predicted molar refractivity (Wildman–Crippen MR) is 81.3 cm³/mol. The van der Waals surface area contributed by atoms with Crippen LogP contribution in [0.15, 0.2) is 23.1 Å². The maximum absolute atomic E-state index is 11.8. The van der Waals surface area contributed by atoms with Gasteiger partial charge in [0.25, 0.3) is 0 Å². The Morgan fingerprint density at radius 2 is 1.89 bits per heavy atom. The van der Waals surface area contributed by atoms with Crippen LogP contribution >= 0.6 is 11.8 Å². The summed E-state index contributed by atoms with van der Waals surface area (Å²) in [6.07, 6.45) is 7.53. The summed E-state index contributed by atoms with van der Waals surface area (Å²) >= 11 is 1.74. The molecule has 2 nitrogen and oxygen atoms in total. The van der Waals surface area contributed by atoms with Crippen LogP contribution in [0.2, 0.25) is 0 Å². The van der Waals surface area contributed by atoms with E-state index >= 15 is 0 Å². The number of rotatable bonds is 3. The van der Waals surface area contributed by atoms with Gasteiger partial charge in [0.1, 0.15) is 0 Å². The molecule has 3 heteroatoms. The van der Waals surface area contributed by atoms with Gasteiger partial charge in [-0.3, -0.25) is 4.79 Å². The van der Waals surface area contributed by atoms with Crippen molar-refractivity contribution < 1.29 is 4.79 Å². The first-order valence-electron chi connectivity index (χ1n) is 7.07. The summed E-state index contributed by atoms with van der Waals surface area (Å²) in [4.78, 5) is 15.5. The van der Waals surface area contributed by atoms with Gasteiger partial charge in [-0.05, 0) is 62.5 Å². The molecule has 0 amide bonds. The molecule has 1 saturated heterocycles. The molecule has 0 bridgehead atoms. The maximum atomic E-state index is 11.8. The number of ketones is 1. The van der Waals surface area contributed by atoms with Crippen LogP contribution in [0.3, 0.4) is 0 Å². The van der Waals surface area contributed by atoms with Gasteiger partial charge in [0.2, 0.25) is 0 Å². The standard InChI is InChI=1S/C16H21NOS/c1-12(18)14-4-3-13(19-2)11-15(14)17-9-7-16(5-6-16)8-10-17/h3-4,11H,5-10H2,1-2H3. The lowest BCUT2D eigenvalue weighted by molar-refractivity contribution is 0.101. The number of anilines is 1. The van der Waals surface area contributed by atoms with Gasteiger partial charge in [-0.2, -0.15) is 0 Å². The van der Waals surface area contributed by atoms with Crippen LogP contribution in [0, 0.1) is 5.41 Å². The van der Waals surface area contributed by atoms with E-state index in [2.05, 4.69) is 23.3 Å². The van der Waals surface area contributed by atoms with Gasteiger partial charge in [-0.15, -0.1) is 11.8 Å². The zero-order valence-corrected chi connectivity index (χ0v) is 12.6. The van der Waals surface area contributed by atoms with Gasteiger partial charge in [-0.25, -0.2) is 0 Å². The third-order valence-corrected chi connectivity index (χ3v) is 5.43. The number of Topliss-reactive ketones (excluding diaryl/α,β-unsaturated/α-hetero) is 1. The summed E-state index contributed by atoms with van der Waals surface area (Å²) < 4.78 is 0. The second kappa shape index (κ2) is 4.86. The molecule has 2 aliphatic rings. The molecule has 0 N–H and O–H groups in total. The minimum atomic E-state index is 0.175. The quantitative estimate of drug-likeness (QED) is 0.614. The normalized spacial score (nSPS) is 20.6. The molecule has 1 aromatic carbocycles. The lowest BCUT2D eigenvalue weighted by Gasteiger charge is -2.35. The number of carbonyl (C=O) groups is 1. The molecule has 102 valence electrons. The average Bonchev–Trinajstić information content (AvgIpc) is 3.18. The van der Waals surface area contributed by atoms with Crippen LogP contribution in [0.4, 0.5) is 5.69 Å². The molecule has 1 heterocycles. The highest BCUT2D eigenvalue weighted by molar-refractivity contribution is 7.98. The Balaban J connectivity index is 1.87. The zero-order chi connectivity index (χ0) is 13.5. The minimum Gasteiger partial charge on any atom is -0.371 e. The van der Waals surface area contributed by atoms with Crippen molar-refractivity contribution in [3.8, 4) is 0 Å². The molecule has 3 rings (SSSR count). The highest BCUT2D eigenvalue weighted by atomic mass is 32.2. The molecule has 0 unspecified atom stereocenters. The number of thioether (sulfide) groups is 1. The highest BCUT2D eigenvalue weighted by Crippen LogP contribution is 2.54. The van der Waals surface area contributed by atoms with Crippen molar-refractivity contribution in [3.63, 3.8) is 0 Å². The van der Waals surface area contributed by atoms with Gasteiger partial charge in [0, 0.05) is 29.2 Å². The molecule has 1 spiro atoms. The SMILES string of the molecule is CSc1ccc(C(C)=O)c(N2CCC3(CC2)CC3)c1. The van der Waals surface area contributed by atoms with Gasteiger partial charge >= 0.3 is 0 Å². The number of benzene rings is 1. The Morgan fingerprint density at radius 1 is 1.21 bits per heavy atom. The molecule has 1 aromatic rings. The molecule has 19 heavy (non-hydrogen) atoms. The molecular weight excluding hydrogens is 254 g/mol. The van der Waals surface area contributed by atoms with Crippen molar-refractivity contribution >= 4 is 23.2 Å². The van der Waals surface area contributed by atoms with Crippen LogP contribution in [-0.2, 0) is 0 Å². The van der Waals surface area contributed by atoms with E-state index < -0.39 is 0 Å². The van der Waals surface area contributed by atoms with E-state index in [9.17, 15) is 4.79 Å². The largest absolute Gasteiger partial charge is 0.371 e.